The van der Waals surface area contributed by atoms with Gasteiger partial charge in [-0.3, -0.25) is 14.8 Å². The van der Waals surface area contributed by atoms with Crippen LogP contribution >= 0.6 is 0 Å². The Kier molecular flexibility index (Phi) is 4.24. The predicted octanol–water partition coefficient (Wildman–Crippen LogP) is 3.19. The maximum Gasteiger partial charge on any atom is 0.312 e. The summed E-state index contributed by atoms with van der Waals surface area (Å²) in [6.45, 7) is 0.467. The number of pyridine rings is 2. The summed E-state index contributed by atoms with van der Waals surface area (Å²) in [7, 11) is 0. The molecule has 0 saturated carbocycles. The number of hydrogen-bond acceptors (Lipinski definition) is 7. The van der Waals surface area contributed by atoms with Gasteiger partial charge in [0.15, 0.2) is 0 Å². The van der Waals surface area contributed by atoms with Gasteiger partial charge in [-0.2, -0.15) is 0 Å². The number of nitrogens with one attached hydrogen (secondary N) is 1. The molecule has 32 heavy (non-hydrogen) atoms. The molecule has 0 spiro atoms. The first-order valence-electron chi connectivity index (χ1n) is 10.2. The Morgan fingerprint density at radius 1 is 1.03 bits per heavy atom. The molecular weight excluding hydrogens is 406 g/mol. The summed E-state index contributed by atoms with van der Waals surface area (Å²) in [4.78, 5) is 31.9. The summed E-state index contributed by atoms with van der Waals surface area (Å²) in [5.41, 5.74) is 3.87. The summed E-state index contributed by atoms with van der Waals surface area (Å²) in [5, 5.41) is 9.04. The number of para-hydroxylation sites is 1. The minimum Gasteiger partial charge on any atom is -0.411 e. The number of carbonyl (C=O) groups is 1. The topological polar surface area (TPSA) is 114 Å². The van der Waals surface area contributed by atoms with Crippen LogP contribution in [0.3, 0.4) is 0 Å². The standard InChI is InChI=1S/C23H17N7O2/c31-23(22-29-28-21(32-22)18-7-3-4-11-24-18)30-12-10-16-19(26-13-25-16)20(30)17-9-8-14-5-1-2-6-15(14)27-17/h1-9,11,13,20H,10,12H2,(H,25,26)/t20-/m0/s1. The Morgan fingerprint density at radius 3 is 2.84 bits per heavy atom. The Hall–Kier alpha value is -4.40. The van der Waals surface area contributed by atoms with Gasteiger partial charge in [0.25, 0.3) is 5.89 Å². The van der Waals surface area contributed by atoms with Crippen molar-refractivity contribution in [1.29, 1.82) is 0 Å². The Bertz CT molecular complexity index is 1430. The molecule has 5 aromatic rings. The number of rotatable bonds is 3. The first-order chi connectivity index (χ1) is 15.8. The molecule has 1 atom stereocenters. The normalized spacial score (nSPS) is 15.6. The fourth-order valence-electron chi connectivity index (χ4n) is 4.05. The number of imidazole rings is 1. The van der Waals surface area contributed by atoms with Gasteiger partial charge >= 0.3 is 11.8 Å². The minimum absolute atomic E-state index is 0.0876. The minimum atomic E-state index is -0.465. The van der Waals surface area contributed by atoms with Crippen molar-refractivity contribution in [3.63, 3.8) is 0 Å². The number of benzene rings is 1. The Balaban J connectivity index is 1.40. The average molecular weight is 423 g/mol. The highest BCUT2D eigenvalue weighted by Gasteiger charge is 2.37. The molecule has 4 aromatic heterocycles. The molecule has 5 heterocycles. The summed E-state index contributed by atoms with van der Waals surface area (Å²) in [5.74, 6) is -0.254. The molecule has 156 valence electrons. The van der Waals surface area contributed by atoms with Crippen LogP contribution in [0, 0.1) is 0 Å². The van der Waals surface area contributed by atoms with Crippen molar-refractivity contribution in [3.8, 4) is 11.6 Å². The third kappa shape index (κ3) is 3.02. The van der Waals surface area contributed by atoms with Gasteiger partial charge in [-0.25, -0.2) is 4.98 Å². The fourth-order valence-corrected chi connectivity index (χ4v) is 4.05. The van der Waals surface area contributed by atoms with Gasteiger partial charge in [0.2, 0.25) is 0 Å². The molecule has 1 amide bonds. The van der Waals surface area contributed by atoms with E-state index in [-0.39, 0.29) is 17.7 Å². The van der Waals surface area contributed by atoms with E-state index in [2.05, 4.69) is 25.1 Å². The zero-order chi connectivity index (χ0) is 21.5. The quantitative estimate of drug-likeness (QED) is 0.474. The van der Waals surface area contributed by atoms with Crippen molar-refractivity contribution >= 4 is 16.8 Å². The molecule has 9 heteroatoms. The third-order valence-corrected chi connectivity index (χ3v) is 5.58. The highest BCUT2D eigenvalue weighted by Crippen LogP contribution is 2.34. The predicted molar refractivity (Wildman–Crippen MR) is 114 cm³/mol. The third-order valence-electron chi connectivity index (χ3n) is 5.58. The lowest BCUT2D eigenvalue weighted by Gasteiger charge is -2.33. The lowest BCUT2D eigenvalue weighted by molar-refractivity contribution is 0.0647. The molecule has 1 N–H and O–H groups in total. The van der Waals surface area contributed by atoms with Crippen molar-refractivity contribution in [1.82, 2.24) is 35.0 Å². The maximum absolute atomic E-state index is 13.5. The fraction of sp³-hybridized carbons (Fsp3) is 0.130. The molecule has 6 rings (SSSR count). The SMILES string of the molecule is O=C(c1nnc(-c2ccccn2)o1)N1CCc2[nH]cnc2[C@@H]1c1ccc2ccccc2n1. The number of carbonyl (C=O) groups excluding carboxylic acids is 1. The lowest BCUT2D eigenvalue weighted by atomic mass is 9.98. The number of H-pyrrole nitrogens is 1. The van der Waals surface area contributed by atoms with Crippen LogP contribution in [0.25, 0.3) is 22.5 Å². The van der Waals surface area contributed by atoms with E-state index < -0.39 is 6.04 Å². The van der Waals surface area contributed by atoms with E-state index in [4.69, 9.17) is 9.40 Å². The smallest absolute Gasteiger partial charge is 0.312 e. The Labute approximate surface area is 182 Å². The first kappa shape index (κ1) is 18.4. The van der Waals surface area contributed by atoms with Gasteiger partial charge in [-0.15, -0.1) is 10.2 Å². The molecule has 0 saturated heterocycles. The van der Waals surface area contributed by atoms with Crippen LogP contribution in [0.2, 0.25) is 0 Å². The van der Waals surface area contributed by atoms with E-state index >= 15 is 0 Å². The van der Waals surface area contributed by atoms with E-state index in [0.29, 0.717) is 18.7 Å². The molecule has 1 aliphatic rings. The van der Waals surface area contributed by atoms with Gasteiger partial charge in [0, 0.05) is 30.2 Å². The van der Waals surface area contributed by atoms with Crippen molar-refractivity contribution in [3.05, 3.63) is 90.1 Å². The first-order valence-corrected chi connectivity index (χ1v) is 10.2. The summed E-state index contributed by atoms with van der Waals surface area (Å²) >= 11 is 0. The molecule has 0 aliphatic carbocycles. The number of hydrogen-bond donors (Lipinski definition) is 1. The maximum atomic E-state index is 13.5. The highest BCUT2D eigenvalue weighted by atomic mass is 16.4. The van der Waals surface area contributed by atoms with E-state index in [1.807, 2.05) is 42.5 Å². The second-order valence-electron chi connectivity index (χ2n) is 7.47. The molecule has 1 aromatic carbocycles. The van der Waals surface area contributed by atoms with Crippen molar-refractivity contribution in [2.75, 3.05) is 6.54 Å². The van der Waals surface area contributed by atoms with Crippen LogP contribution in [0.4, 0.5) is 0 Å². The van der Waals surface area contributed by atoms with Crippen LogP contribution < -0.4 is 0 Å². The van der Waals surface area contributed by atoms with Gasteiger partial charge < -0.3 is 14.3 Å². The van der Waals surface area contributed by atoms with Crippen molar-refractivity contribution in [2.45, 2.75) is 12.5 Å². The summed E-state index contributed by atoms with van der Waals surface area (Å²) in [6.07, 6.45) is 3.93. The molecular formula is C23H17N7O2. The Morgan fingerprint density at radius 2 is 1.94 bits per heavy atom. The van der Waals surface area contributed by atoms with Crippen molar-refractivity contribution in [2.24, 2.45) is 0 Å². The van der Waals surface area contributed by atoms with E-state index in [1.54, 1.807) is 29.6 Å². The van der Waals surface area contributed by atoms with Crippen molar-refractivity contribution < 1.29 is 9.21 Å². The number of aromatic amines is 1. The molecule has 0 radical (unpaired) electrons. The van der Waals surface area contributed by atoms with Gasteiger partial charge in [0.05, 0.1) is 23.2 Å². The lowest BCUT2D eigenvalue weighted by Crippen LogP contribution is -2.41. The number of nitrogens with zero attached hydrogens (tertiary/aromatic N) is 6. The average Bonchev–Trinajstić information content (AvgIpc) is 3.53. The van der Waals surface area contributed by atoms with Crippen LogP contribution in [-0.2, 0) is 6.42 Å². The van der Waals surface area contributed by atoms with E-state index in [0.717, 1.165) is 28.0 Å². The summed E-state index contributed by atoms with van der Waals surface area (Å²) in [6, 6.07) is 16.7. The second kappa shape index (κ2) is 7.38. The van der Waals surface area contributed by atoms with Crippen LogP contribution in [0.1, 0.15) is 33.8 Å². The van der Waals surface area contributed by atoms with Gasteiger partial charge in [-0.1, -0.05) is 30.3 Å². The van der Waals surface area contributed by atoms with Gasteiger partial charge in [-0.05, 0) is 24.3 Å². The van der Waals surface area contributed by atoms with Crippen LogP contribution in [-0.4, -0.2) is 47.5 Å². The number of aromatic nitrogens is 6. The molecule has 1 aliphatic heterocycles. The zero-order valence-electron chi connectivity index (χ0n) is 16.8. The molecule has 0 unspecified atom stereocenters. The van der Waals surface area contributed by atoms with Crippen LogP contribution in [0.15, 0.2) is 71.5 Å². The monoisotopic (exact) mass is 423 g/mol. The van der Waals surface area contributed by atoms with Gasteiger partial charge in [0.1, 0.15) is 11.7 Å². The number of amides is 1. The zero-order valence-corrected chi connectivity index (χ0v) is 16.8. The van der Waals surface area contributed by atoms with Crippen LogP contribution in [0.5, 0.6) is 0 Å². The summed E-state index contributed by atoms with van der Waals surface area (Å²) < 4.78 is 5.68. The highest BCUT2D eigenvalue weighted by molar-refractivity contribution is 5.90. The largest absolute Gasteiger partial charge is 0.411 e. The molecule has 9 nitrogen and oxygen atoms in total. The van der Waals surface area contributed by atoms with E-state index in [9.17, 15) is 4.79 Å². The molecule has 0 fully saturated rings. The number of fused-ring (bicyclic) bond motifs is 2. The molecule has 0 bridgehead atoms. The second-order valence-corrected chi connectivity index (χ2v) is 7.47. The van der Waals surface area contributed by atoms with E-state index in [1.165, 1.54) is 0 Å².